The SMILES string of the molecule is CCCCC(=O)Nc1ccc(Nc2c(C)cccc2C(C)C)nc1. The van der Waals surface area contributed by atoms with E-state index in [2.05, 4.69) is 61.5 Å². The molecule has 1 amide bonds. The maximum Gasteiger partial charge on any atom is 0.224 e. The van der Waals surface area contributed by atoms with Crippen molar-refractivity contribution in [3.8, 4) is 0 Å². The number of aromatic nitrogens is 1. The van der Waals surface area contributed by atoms with Crippen LogP contribution in [-0.2, 0) is 4.79 Å². The third kappa shape index (κ3) is 4.82. The number of unbranched alkanes of at least 4 members (excludes halogenated alkanes) is 1. The molecule has 0 spiro atoms. The Balaban J connectivity index is 2.09. The van der Waals surface area contributed by atoms with Gasteiger partial charge in [-0.05, 0) is 42.5 Å². The molecule has 1 aromatic carbocycles. The second-order valence-corrected chi connectivity index (χ2v) is 6.40. The molecule has 0 fully saturated rings. The fourth-order valence-corrected chi connectivity index (χ4v) is 2.57. The van der Waals surface area contributed by atoms with Gasteiger partial charge in [0.05, 0.1) is 11.9 Å². The van der Waals surface area contributed by atoms with Crippen molar-refractivity contribution in [2.24, 2.45) is 0 Å². The molecule has 4 heteroatoms. The van der Waals surface area contributed by atoms with Crippen molar-refractivity contribution < 1.29 is 4.79 Å². The van der Waals surface area contributed by atoms with E-state index >= 15 is 0 Å². The van der Waals surface area contributed by atoms with Gasteiger partial charge in [0, 0.05) is 12.1 Å². The number of nitrogens with zero attached hydrogens (tertiary/aromatic N) is 1. The third-order valence-corrected chi connectivity index (χ3v) is 3.98. The van der Waals surface area contributed by atoms with Crippen LogP contribution in [0.2, 0.25) is 0 Å². The van der Waals surface area contributed by atoms with E-state index in [9.17, 15) is 4.79 Å². The predicted octanol–water partition coefficient (Wildman–Crippen LogP) is 5.39. The smallest absolute Gasteiger partial charge is 0.224 e. The van der Waals surface area contributed by atoms with Gasteiger partial charge < -0.3 is 10.6 Å². The van der Waals surface area contributed by atoms with Gasteiger partial charge in [0.2, 0.25) is 5.91 Å². The lowest BCUT2D eigenvalue weighted by Gasteiger charge is -2.17. The number of hydrogen-bond donors (Lipinski definition) is 2. The van der Waals surface area contributed by atoms with Crippen LogP contribution in [-0.4, -0.2) is 10.9 Å². The molecule has 0 radical (unpaired) electrons. The summed E-state index contributed by atoms with van der Waals surface area (Å²) in [5, 5.41) is 6.29. The quantitative estimate of drug-likeness (QED) is 0.718. The summed E-state index contributed by atoms with van der Waals surface area (Å²) in [5.41, 5.74) is 4.31. The summed E-state index contributed by atoms with van der Waals surface area (Å²) in [7, 11) is 0. The maximum absolute atomic E-state index is 11.8. The van der Waals surface area contributed by atoms with Gasteiger partial charge in [-0.3, -0.25) is 4.79 Å². The van der Waals surface area contributed by atoms with Crippen LogP contribution in [0.5, 0.6) is 0 Å². The predicted molar refractivity (Wildman–Crippen MR) is 101 cm³/mol. The number of nitrogens with one attached hydrogen (secondary N) is 2. The highest BCUT2D eigenvalue weighted by atomic mass is 16.1. The van der Waals surface area contributed by atoms with Gasteiger partial charge >= 0.3 is 0 Å². The third-order valence-electron chi connectivity index (χ3n) is 3.98. The maximum atomic E-state index is 11.8. The van der Waals surface area contributed by atoms with E-state index in [1.54, 1.807) is 6.20 Å². The topological polar surface area (TPSA) is 54.0 Å². The van der Waals surface area contributed by atoms with E-state index in [0.717, 1.165) is 30.0 Å². The van der Waals surface area contributed by atoms with Crippen LogP contribution in [0.4, 0.5) is 17.2 Å². The van der Waals surface area contributed by atoms with Gasteiger partial charge in [-0.2, -0.15) is 0 Å². The Morgan fingerprint density at radius 1 is 1.21 bits per heavy atom. The summed E-state index contributed by atoms with van der Waals surface area (Å²) in [4.78, 5) is 16.2. The normalized spacial score (nSPS) is 10.7. The first-order valence-electron chi connectivity index (χ1n) is 8.63. The van der Waals surface area contributed by atoms with Crippen molar-refractivity contribution in [3.05, 3.63) is 47.7 Å². The lowest BCUT2D eigenvalue weighted by atomic mass is 9.98. The van der Waals surface area contributed by atoms with Gasteiger partial charge in [-0.1, -0.05) is 45.4 Å². The number of aryl methyl sites for hydroxylation is 1. The molecular weight excluding hydrogens is 298 g/mol. The Bertz CT molecular complexity index is 678. The molecule has 24 heavy (non-hydrogen) atoms. The summed E-state index contributed by atoms with van der Waals surface area (Å²) in [6.45, 7) is 8.54. The zero-order chi connectivity index (χ0) is 17.5. The molecule has 0 aliphatic carbocycles. The van der Waals surface area contributed by atoms with Crippen molar-refractivity contribution in [3.63, 3.8) is 0 Å². The molecule has 4 nitrogen and oxygen atoms in total. The molecular formula is C20H27N3O. The molecule has 128 valence electrons. The summed E-state index contributed by atoms with van der Waals surface area (Å²) < 4.78 is 0. The average molecular weight is 325 g/mol. The molecule has 0 bridgehead atoms. The molecule has 1 heterocycles. The number of carbonyl (C=O) groups excluding carboxylic acids is 1. The van der Waals surface area contributed by atoms with Gasteiger partial charge in [0.15, 0.2) is 0 Å². The molecule has 0 aliphatic rings. The first-order valence-corrected chi connectivity index (χ1v) is 8.63. The summed E-state index contributed by atoms with van der Waals surface area (Å²) in [6, 6.07) is 10.1. The van der Waals surface area contributed by atoms with Crippen LogP contribution in [0.3, 0.4) is 0 Å². The Hall–Kier alpha value is -2.36. The first kappa shape index (κ1) is 18.0. The van der Waals surface area contributed by atoms with E-state index in [-0.39, 0.29) is 5.91 Å². The minimum absolute atomic E-state index is 0.0420. The van der Waals surface area contributed by atoms with Gasteiger partial charge in [-0.25, -0.2) is 4.98 Å². The largest absolute Gasteiger partial charge is 0.340 e. The molecule has 2 rings (SSSR count). The lowest BCUT2D eigenvalue weighted by Crippen LogP contribution is -2.11. The Kier molecular flexibility index (Phi) is 6.36. The van der Waals surface area contributed by atoms with Crippen molar-refractivity contribution in [1.29, 1.82) is 0 Å². The summed E-state index contributed by atoms with van der Waals surface area (Å²) >= 11 is 0. The number of hydrogen-bond acceptors (Lipinski definition) is 3. The monoisotopic (exact) mass is 325 g/mol. The molecule has 2 aromatic rings. The van der Waals surface area contributed by atoms with Gasteiger partial charge in [0.25, 0.3) is 0 Å². The number of para-hydroxylation sites is 1. The highest BCUT2D eigenvalue weighted by molar-refractivity contribution is 5.90. The number of rotatable bonds is 7. The van der Waals surface area contributed by atoms with Gasteiger partial charge in [-0.15, -0.1) is 0 Å². The highest BCUT2D eigenvalue weighted by Gasteiger charge is 2.10. The standard InChI is InChI=1S/C20H27N3O/c1-5-6-10-19(24)22-16-11-12-18(21-13-16)23-20-15(4)8-7-9-17(20)14(2)3/h7-9,11-14H,5-6,10H2,1-4H3,(H,21,23)(H,22,24). The average Bonchev–Trinajstić information content (AvgIpc) is 2.56. The molecule has 0 saturated carbocycles. The van der Waals surface area contributed by atoms with Crippen LogP contribution in [0.15, 0.2) is 36.5 Å². The number of anilines is 3. The minimum Gasteiger partial charge on any atom is -0.340 e. The van der Waals surface area contributed by atoms with E-state index in [1.807, 2.05) is 12.1 Å². The fraction of sp³-hybridized carbons (Fsp3) is 0.400. The summed E-state index contributed by atoms with van der Waals surface area (Å²) in [5.74, 6) is 1.25. The van der Waals surface area contributed by atoms with Crippen LogP contribution in [0.25, 0.3) is 0 Å². The lowest BCUT2D eigenvalue weighted by molar-refractivity contribution is -0.116. The minimum atomic E-state index is 0.0420. The molecule has 0 saturated heterocycles. The zero-order valence-corrected chi connectivity index (χ0v) is 15.0. The number of carbonyl (C=O) groups is 1. The zero-order valence-electron chi connectivity index (χ0n) is 15.0. The highest BCUT2D eigenvalue weighted by Crippen LogP contribution is 2.29. The van der Waals surface area contributed by atoms with Crippen LogP contribution < -0.4 is 10.6 Å². The molecule has 0 atom stereocenters. The summed E-state index contributed by atoms with van der Waals surface area (Å²) in [6.07, 6.45) is 4.17. The van der Waals surface area contributed by atoms with Gasteiger partial charge in [0.1, 0.15) is 5.82 Å². The number of amides is 1. The van der Waals surface area contributed by atoms with Crippen molar-refractivity contribution >= 4 is 23.1 Å². The second-order valence-electron chi connectivity index (χ2n) is 6.40. The van der Waals surface area contributed by atoms with E-state index < -0.39 is 0 Å². The fourth-order valence-electron chi connectivity index (χ4n) is 2.57. The van der Waals surface area contributed by atoms with E-state index in [4.69, 9.17) is 0 Å². The van der Waals surface area contributed by atoms with Crippen molar-refractivity contribution in [2.75, 3.05) is 10.6 Å². The molecule has 2 N–H and O–H groups in total. The molecule has 0 unspecified atom stereocenters. The molecule has 1 aromatic heterocycles. The number of benzene rings is 1. The van der Waals surface area contributed by atoms with E-state index in [1.165, 1.54) is 11.1 Å². The van der Waals surface area contributed by atoms with Crippen molar-refractivity contribution in [2.45, 2.75) is 52.9 Å². The Labute approximate surface area is 144 Å². The van der Waals surface area contributed by atoms with Crippen LogP contribution in [0, 0.1) is 6.92 Å². The van der Waals surface area contributed by atoms with Crippen molar-refractivity contribution in [1.82, 2.24) is 4.98 Å². The van der Waals surface area contributed by atoms with E-state index in [0.29, 0.717) is 12.3 Å². The number of pyridine rings is 1. The Morgan fingerprint density at radius 3 is 2.62 bits per heavy atom. The van der Waals surface area contributed by atoms with Crippen LogP contribution in [0.1, 0.15) is 57.1 Å². The molecule has 0 aliphatic heterocycles. The first-order chi connectivity index (χ1) is 11.5. The second kappa shape index (κ2) is 8.48. The van der Waals surface area contributed by atoms with Crippen LogP contribution >= 0.6 is 0 Å². The Morgan fingerprint density at radius 2 is 2.00 bits per heavy atom.